The van der Waals surface area contributed by atoms with Crippen molar-refractivity contribution in [3.63, 3.8) is 0 Å². The molecule has 2 saturated heterocycles. The Hall–Kier alpha value is -3.73. The van der Waals surface area contributed by atoms with Crippen molar-refractivity contribution in [1.29, 1.82) is 0 Å². The number of pyridine rings is 2. The highest BCUT2D eigenvalue weighted by molar-refractivity contribution is 6.05. The van der Waals surface area contributed by atoms with Gasteiger partial charge in [-0.25, -0.2) is 15.2 Å². The lowest BCUT2D eigenvalue weighted by molar-refractivity contribution is 0.0350. The number of halogens is 1. The molecule has 0 amide bonds. The van der Waals surface area contributed by atoms with Crippen molar-refractivity contribution in [3.8, 4) is 0 Å². The van der Waals surface area contributed by atoms with Gasteiger partial charge in [0.2, 0.25) is 0 Å². The third-order valence-corrected chi connectivity index (χ3v) is 9.11. The van der Waals surface area contributed by atoms with E-state index in [1.165, 1.54) is 11.1 Å². The zero-order chi connectivity index (χ0) is 30.3. The third-order valence-electron chi connectivity index (χ3n) is 9.11. The Morgan fingerprint density at radius 1 is 1.19 bits per heavy atom. The number of ether oxygens (including phenoxy) is 1. The summed E-state index contributed by atoms with van der Waals surface area (Å²) in [7, 11) is 1.75. The van der Waals surface area contributed by atoms with Gasteiger partial charge in [0.15, 0.2) is 0 Å². The van der Waals surface area contributed by atoms with E-state index < -0.39 is 5.60 Å². The Morgan fingerprint density at radius 2 is 1.91 bits per heavy atom. The molecule has 2 aliphatic heterocycles. The number of anilines is 1. The lowest BCUT2D eigenvalue weighted by Crippen LogP contribution is -2.42. The number of nitrogens with zero attached hydrogens (tertiary/aromatic N) is 5. The summed E-state index contributed by atoms with van der Waals surface area (Å²) in [6.45, 7) is 6.54. The normalized spacial score (nSPS) is 19.1. The van der Waals surface area contributed by atoms with Crippen molar-refractivity contribution in [2.24, 2.45) is 17.5 Å². The van der Waals surface area contributed by atoms with Crippen LogP contribution in [0.3, 0.4) is 0 Å². The lowest BCUT2D eigenvalue weighted by atomic mass is 9.89. The predicted octanol–water partition coefficient (Wildman–Crippen LogP) is 4.93. The number of aromatic nitrogens is 3. The van der Waals surface area contributed by atoms with Crippen LogP contribution in [0.1, 0.15) is 63.1 Å². The molecule has 9 nitrogen and oxygen atoms in total. The van der Waals surface area contributed by atoms with Crippen molar-refractivity contribution >= 4 is 33.6 Å². The van der Waals surface area contributed by atoms with Crippen LogP contribution < -0.4 is 16.5 Å². The standard InChI is InChI=1S/C33H42FN7O2/c1-21(35)31(39(3)36)23-19-28-30(37-20-23)25-8-9-29(40-14-12-33(2,42)13-15-40)38-32(25)41(28)27(18-22-10-16-43-17-11-22)24-6-4-5-7-26(24)34/h4-9,19-20,22,27,42H,10-18,35-36H2,1-3H3/b31-21-. The first-order chi connectivity index (χ1) is 20.6. The number of aliphatic hydroxyl groups is 1. The fourth-order valence-electron chi connectivity index (χ4n) is 6.73. The Kier molecular flexibility index (Phi) is 8.02. The Morgan fingerprint density at radius 3 is 2.58 bits per heavy atom. The molecule has 2 fully saturated rings. The van der Waals surface area contributed by atoms with E-state index >= 15 is 4.39 Å². The molecule has 10 heteroatoms. The summed E-state index contributed by atoms with van der Waals surface area (Å²) in [6.07, 6.45) is 5.72. The van der Waals surface area contributed by atoms with Crippen LogP contribution in [0.5, 0.6) is 0 Å². The van der Waals surface area contributed by atoms with Gasteiger partial charge < -0.3 is 30.1 Å². The van der Waals surface area contributed by atoms with Crippen LogP contribution in [0.2, 0.25) is 0 Å². The SMILES string of the molecule is C/C(N)=C(\c1cnc2c3ccc(N4CCC(C)(O)CC4)nc3n(C(CC3CCOCC3)c3ccccc3F)c2c1)N(C)N. The summed E-state index contributed by atoms with van der Waals surface area (Å²) in [6, 6.07) is 12.9. The highest BCUT2D eigenvalue weighted by atomic mass is 19.1. The quantitative estimate of drug-likeness (QED) is 0.206. The van der Waals surface area contributed by atoms with E-state index in [4.69, 9.17) is 26.3 Å². The largest absolute Gasteiger partial charge is 0.401 e. The van der Waals surface area contributed by atoms with Gasteiger partial charge in [0, 0.05) is 61.8 Å². The van der Waals surface area contributed by atoms with E-state index in [0.717, 1.165) is 52.7 Å². The molecule has 5 heterocycles. The molecule has 0 spiro atoms. The zero-order valence-electron chi connectivity index (χ0n) is 25.3. The van der Waals surface area contributed by atoms with E-state index in [2.05, 4.69) is 21.6 Å². The van der Waals surface area contributed by atoms with Gasteiger partial charge in [-0.3, -0.25) is 4.98 Å². The number of piperidine rings is 1. The van der Waals surface area contributed by atoms with E-state index in [0.29, 0.717) is 62.0 Å². The van der Waals surface area contributed by atoms with Gasteiger partial charge in [-0.2, -0.15) is 0 Å². The summed E-state index contributed by atoms with van der Waals surface area (Å²) >= 11 is 0. The van der Waals surface area contributed by atoms with Gasteiger partial charge >= 0.3 is 0 Å². The molecule has 4 aromatic rings. The number of nitrogens with two attached hydrogens (primary N) is 2. The summed E-state index contributed by atoms with van der Waals surface area (Å²) in [5.74, 6) is 7.17. The van der Waals surface area contributed by atoms with E-state index in [9.17, 15) is 5.11 Å². The number of hydrazine groups is 1. The highest BCUT2D eigenvalue weighted by Gasteiger charge is 2.31. The van der Waals surface area contributed by atoms with Gasteiger partial charge in [0.1, 0.15) is 17.3 Å². The van der Waals surface area contributed by atoms with Crippen molar-refractivity contribution < 1.29 is 14.2 Å². The molecule has 0 radical (unpaired) electrons. The maximum atomic E-state index is 15.7. The monoisotopic (exact) mass is 587 g/mol. The molecule has 0 aliphatic carbocycles. The van der Waals surface area contributed by atoms with Gasteiger partial charge in [-0.05, 0) is 76.1 Å². The number of fused-ring (bicyclic) bond motifs is 3. The summed E-state index contributed by atoms with van der Waals surface area (Å²) in [5, 5.41) is 13.0. The van der Waals surface area contributed by atoms with Gasteiger partial charge in [0.25, 0.3) is 0 Å². The van der Waals surface area contributed by atoms with Crippen LogP contribution in [0.4, 0.5) is 10.2 Å². The number of benzene rings is 1. The van der Waals surface area contributed by atoms with Crippen molar-refractivity contribution in [2.45, 2.75) is 57.6 Å². The minimum atomic E-state index is -0.669. The highest BCUT2D eigenvalue weighted by Crippen LogP contribution is 2.40. The molecule has 6 rings (SSSR count). The summed E-state index contributed by atoms with van der Waals surface area (Å²) in [4.78, 5) is 12.4. The van der Waals surface area contributed by atoms with E-state index in [1.54, 1.807) is 19.3 Å². The van der Waals surface area contributed by atoms with Crippen molar-refractivity contribution in [3.05, 3.63) is 71.3 Å². The molecule has 0 bridgehead atoms. The second kappa shape index (κ2) is 11.7. The maximum Gasteiger partial charge on any atom is 0.145 e. The number of allylic oxidation sites excluding steroid dienone is 1. The molecule has 5 N–H and O–H groups in total. The Balaban J connectivity index is 1.59. The molecule has 228 valence electrons. The van der Waals surface area contributed by atoms with Crippen LogP contribution in [0.15, 0.2) is 54.4 Å². The number of hydrogen-bond donors (Lipinski definition) is 3. The van der Waals surface area contributed by atoms with E-state index in [1.807, 2.05) is 32.0 Å². The van der Waals surface area contributed by atoms with Gasteiger partial charge in [-0.15, -0.1) is 0 Å². The van der Waals surface area contributed by atoms with Crippen molar-refractivity contribution in [2.75, 3.05) is 38.3 Å². The molecule has 0 saturated carbocycles. The van der Waals surface area contributed by atoms with Crippen LogP contribution in [0, 0.1) is 11.7 Å². The molecule has 1 atom stereocenters. The van der Waals surface area contributed by atoms with Gasteiger partial charge in [-0.1, -0.05) is 18.2 Å². The maximum absolute atomic E-state index is 15.7. The fraction of sp³-hybridized carbons (Fsp3) is 0.455. The average molecular weight is 588 g/mol. The summed E-state index contributed by atoms with van der Waals surface area (Å²) < 4.78 is 23.5. The van der Waals surface area contributed by atoms with E-state index in [-0.39, 0.29) is 11.9 Å². The Labute approximate surface area is 251 Å². The summed E-state index contributed by atoms with van der Waals surface area (Å²) in [5.41, 5.74) is 10.6. The molecule has 2 aliphatic rings. The first kappa shape index (κ1) is 29.3. The topological polar surface area (TPSA) is 119 Å². The lowest BCUT2D eigenvalue weighted by Gasteiger charge is -2.36. The molecule has 1 unspecified atom stereocenters. The van der Waals surface area contributed by atoms with Crippen molar-refractivity contribution in [1.82, 2.24) is 19.5 Å². The molecule has 43 heavy (non-hydrogen) atoms. The fourth-order valence-corrected chi connectivity index (χ4v) is 6.73. The first-order valence-corrected chi connectivity index (χ1v) is 15.2. The third kappa shape index (κ3) is 5.79. The second-order valence-corrected chi connectivity index (χ2v) is 12.5. The second-order valence-electron chi connectivity index (χ2n) is 12.5. The molecule has 3 aromatic heterocycles. The molecule has 1 aromatic carbocycles. The van der Waals surface area contributed by atoms with Crippen LogP contribution in [-0.2, 0) is 4.74 Å². The Bertz CT molecular complexity index is 1640. The average Bonchev–Trinajstić information content (AvgIpc) is 3.29. The number of hydrogen-bond acceptors (Lipinski definition) is 8. The van der Waals surface area contributed by atoms with Gasteiger partial charge in [0.05, 0.1) is 28.4 Å². The first-order valence-electron chi connectivity index (χ1n) is 15.2. The predicted molar refractivity (Wildman–Crippen MR) is 169 cm³/mol. The van der Waals surface area contributed by atoms with Crippen LogP contribution >= 0.6 is 0 Å². The minimum absolute atomic E-state index is 0.242. The molecular weight excluding hydrogens is 545 g/mol. The number of rotatable bonds is 7. The molecular formula is C33H42FN7O2. The van der Waals surface area contributed by atoms with Crippen LogP contribution in [-0.4, -0.2) is 63.6 Å². The van der Waals surface area contributed by atoms with Crippen LogP contribution in [0.25, 0.3) is 27.8 Å². The zero-order valence-corrected chi connectivity index (χ0v) is 25.3. The smallest absolute Gasteiger partial charge is 0.145 e. The minimum Gasteiger partial charge on any atom is -0.401 e.